The predicted octanol–water partition coefficient (Wildman–Crippen LogP) is 2.77. The van der Waals surface area contributed by atoms with Crippen LogP contribution in [0, 0.1) is 5.92 Å². The van der Waals surface area contributed by atoms with E-state index >= 15 is 0 Å². The molecule has 1 aromatic heterocycles. The molecule has 146 valence electrons. The quantitative estimate of drug-likeness (QED) is 0.772. The normalized spacial score (nSPS) is 19.1. The molecule has 0 unspecified atom stereocenters. The van der Waals surface area contributed by atoms with E-state index in [-0.39, 0.29) is 23.3 Å². The van der Waals surface area contributed by atoms with E-state index in [9.17, 15) is 14.4 Å². The number of amides is 3. The van der Waals surface area contributed by atoms with Crippen LogP contribution in [0.2, 0.25) is 5.02 Å². The van der Waals surface area contributed by atoms with Crippen molar-refractivity contribution in [3.63, 3.8) is 0 Å². The lowest BCUT2D eigenvalue weighted by Gasteiger charge is -2.38. The molecule has 8 heteroatoms. The predicted molar refractivity (Wildman–Crippen MR) is 106 cm³/mol. The number of likely N-dealkylation sites (tertiary alicyclic amines) is 1. The van der Waals surface area contributed by atoms with Crippen molar-refractivity contribution in [3.8, 4) is 0 Å². The van der Waals surface area contributed by atoms with Gasteiger partial charge in [0, 0.05) is 17.8 Å². The Morgan fingerprint density at radius 3 is 2.57 bits per heavy atom. The molecule has 1 fully saturated rings. The minimum atomic E-state index is -0.853. The summed E-state index contributed by atoms with van der Waals surface area (Å²) < 4.78 is 0. The molecule has 1 aliphatic rings. The van der Waals surface area contributed by atoms with E-state index in [2.05, 4.69) is 10.3 Å². The zero-order chi connectivity index (χ0) is 20.3. The number of carbonyl (C=O) groups excluding carboxylic acids is 3. The molecule has 7 nitrogen and oxygen atoms in total. The van der Waals surface area contributed by atoms with Gasteiger partial charge in [0.25, 0.3) is 5.91 Å². The van der Waals surface area contributed by atoms with Crippen molar-refractivity contribution in [2.75, 3.05) is 11.9 Å². The molecule has 0 saturated carbocycles. The molecular weight excluding hydrogens is 380 g/mol. The summed E-state index contributed by atoms with van der Waals surface area (Å²) in [5.41, 5.74) is 6.27. The number of nitrogens with two attached hydrogens (primary N) is 1. The van der Waals surface area contributed by atoms with Crippen LogP contribution in [0.3, 0.4) is 0 Å². The molecule has 2 atom stereocenters. The minimum absolute atomic E-state index is 0.0264. The summed E-state index contributed by atoms with van der Waals surface area (Å²) in [6, 6.07) is 10.0. The summed E-state index contributed by atoms with van der Waals surface area (Å²) in [6.45, 7) is 2.50. The number of primary amides is 1. The summed E-state index contributed by atoms with van der Waals surface area (Å²) in [4.78, 5) is 42.6. The van der Waals surface area contributed by atoms with Crippen molar-refractivity contribution >= 4 is 35.1 Å². The number of aromatic nitrogens is 1. The molecular formula is C20H21ClN4O3. The van der Waals surface area contributed by atoms with Gasteiger partial charge in [-0.2, -0.15) is 0 Å². The Morgan fingerprint density at radius 1 is 1.18 bits per heavy atom. The molecule has 2 aromatic rings. The van der Waals surface area contributed by atoms with Gasteiger partial charge in [0.05, 0.1) is 11.6 Å². The number of anilines is 1. The van der Waals surface area contributed by atoms with Crippen molar-refractivity contribution in [2.24, 2.45) is 11.7 Å². The number of piperidine rings is 1. The topological polar surface area (TPSA) is 105 Å². The van der Waals surface area contributed by atoms with Crippen molar-refractivity contribution in [1.29, 1.82) is 0 Å². The molecule has 1 aliphatic heterocycles. The number of nitrogens with zero attached hydrogens (tertiary/aromatic N) is 2. The molecule has 3 rings (SSSR count). The van der Waals surface area contributed by atoms with E-state index in [0.717, 1.165) is 18.4 Å². The van der Waals surface area contributed by atoms with Gasteiger partial charge in [-0.3, -0.25) is 14.4 Å². The first-order valence-electron chi connectivity index (χ1n) is 8.99. The summed E-state index contributed by atoms with van der Waals surface area (Å²) in [7, 11) is 0. The zero-order valence-electron chi connectivity index (χ0n) is 15.4. The third-order valence-corrected chi connectivity index (χ3v) is 5.08. The van der Waals surface area contributed by atoms with Crippen molar-refractivity contribution in [2.45, 2.75) is 25.8 Å². The van der Waals surface area contributed by atoms with E-state index in [1.807, 2.05) is 19.1 Å². The van der Waals surface area contributed by atoms with Gasteiger partial charge in [-0.15, -0.1) is 0 Å². The molecule has 0 bridgehead atoms. The highest BCUT2D eigenvalue weighted by Crippen LogP contribution is 2.34. The van der Waals surface area contributed by atoms with Gasteiger partial charge in [0.2, 0.25) is 0 Å². The number of hydrogen-bond donors (Lipinski definition) is 2. The third-order valence-electron chi connectivity index (χ3n) is 4.83. The molecule has 0 aliphatic carbocycles. The second-order valence-corrected chi connectivity index (χ2v) is 7.36. The lowest BCUT2D eigenvalue weighted by atomic mass is 9.90. The van der Waals surface area contributed by atoms with Crippen LogP contribution < -0.4 is 11.1 Å². The summed E-state index contributed by atoms with van der Waals surface area (Å²) in [5, 5.41) is 3.03. The molecule has 0 radical (unpaired) electrons. The van der Waals surface area contributed by atoms with Crippen LogP contribution >= 0.6 is 11.6 Å². The monoisotopic (exact) mass is 400 g/mol. The maximum absolute atomic E-state index is 12.9. The van der Waals surface area contributed by atoms with Gasteiger partial charge in [-0.25, -0.2) is 4.98 Å². The number of carbonyl (C=O) groups is 3. The number of benzene rings is 1. The fourth-order valence-corrected chi connectivity index (χ4v) is 3.53. The molecule has 2 heterocycles. The van der Waals surface area contributed by atoms with Crippen LogP contribution in [0.5, 0.6) is 0 Å². The Kier molecular flexibility index (Phi) is 5.94. The fraction of sp³-hybridized carbons (Fsp3) is 0.300. The van der Waals surface area contributed by atoms with Crippen molar-refractivity contribution in [3.05, 3.63) is 58.7 Å². The Hall–Kier alpha value is -2.93. The molecule has 1 aromatic carbocycles. The van der Waals surface area contributed by atoms with Crippen LogP contribution in [0.1, 0.15) is 41.7 Å². The Labute approximate surface area is 167 Å². The second-order valence-electron chi connectivity index (χ2n) is 6.93. The van der Waals surface area contributed by atoms with Crippen LogP contribution in [0.4, 0.5) is 5.82 Å². The van der Waals surface area contributed by atoms with Crippen LogP contribution in [-0.4, -0.2) is 34.2 Å². The van der Waals surface area contributed by atoms with Gasteiger partial charge >= 0.3 is 11.8 Å². The molecule has 28 heavy (non-hydrogen) atoms. The van der Waals surface area contributed by atoms with Gasteiger partial charge in [-0.05, 0) is 48.6 Å². The SMILES string of the molecule is C[C@H]1CC[C@H](c2ccc(Cl)cc2)N(C(=O)C(=O)Nc2ncccc2C(N)=O)C1. The van der Waals surface area contributed by atoms with Gasteiger partial charge in [0.1, 0.15) is 5.82 Å². The molecule has 3 N–H and O–H groups in total. The average molecular weight is 401 g/mol. The highest BCUT2D eigenvalue weighted by molar-refractivity contribution is 6.39. The Bertz CT molecular complexity index is 901. The summed E-state index contributed by atoms with van der Waals surface area (Å²) in [5.74, 6) is -2.01. The van der Waals surface area contributed by atoms with Crippen molar-refractivity contribution in [1.82, 2.24) is 9.88 Å². The first-order chi connectivity index (χ1) is 13.4. The maximum atomic E-state index is 12.9. The van der Waals surface area contributed by atoms with E-state index in [4.69, 9.17) is 17.3 Å². The Balaban J connectivity index is 1.82. The lowest BCUT2D eigenvalue weighted by molar-refractivity contribution is -0.146. The minimum Gasteiger partial charge on any atom is -0.365 e. The number of halogens is 1. The number of hydrogen-bond acceptors (Lipinski definition) is 4. The second kappa shape index (κ2) is 8.39. The summed E-state index contributed by atoms with van der Waals surface area (Å²) >= 11 is 5.96. The van der Waals surface area contributed by atoms with E-state index in [1.54, 1.807) is 17.0 Å². The van der Waals surface area contributed by atoms with Gasteiger partial charge in [0.15, 0.2) is 0 Å². The first kappa shape index (κ1) is 19.8. The van der Waals surface area contributed by atoms with Crippen LogP contribution in [-0.2, 0) is 9.59 Å². The molecule has 0 spiro atoms. The van der Waals surface area contributed by atoms with Crippen molar-refractivity contribution < 1.29 is 14.4 Å². The lowest BCUT2D eigenvalue weighted by Crippen LogP contribution is -2.46. The molecule has 3 amide bonds. The fourth-order valence-electron chi connectivity index (χ4n) is 3.40. The van der Waals surface area contributed by atoms with Gasteiger partial charge < -0.3 is 16.0 Å². The highest BCUT2D eigenvalue weighted by Gasteiger charge is 2.34. The first-order valence-corrected chi connectivity index (χ1v) is 9.37. The van der Waals surface area contributed by atoms with E-state index in [1.165, 1.54) is 18.3 Å². The number of nitrogens with one attached hydrogen (secondary N) is 1. The van der Waals surface area contributed by atoms with Crippen LogP contribution in [0.25, 0.3) is 0 Å². The van der Waals surface area contributed by atoms with Gasteiger partial charge in [-0.1, -0.05) is 30.7 Å². The number of pyridine rings is 1. The third kappa shape index (κ3) is 4.31. The molecule has 1 saturated heterocycles. The largest absolute Gasteiger partial charge is 0.365 e. The Morgan fingerprint density at radius 2 is 1.89 bits per heavy atom. The zero-order valence-corrected chi connectivity index (χ0v) is 16.1. The number of rotatable bonds is 3. The summed E-state index contributed by atoms with van der Waals surface area (Å²) in [6.07, 6.45) is 3.11. The highest BCUT2D eigenvalue weighted by atomic mass is 35.5. The standard InChI is InChI=1S/C20H21ClN4O3/c1-12-4-9-16(13-5-7-14(21)8-6-13)25(11-12)20(28)19(27)24-18-15(17(22)26)3-2-10-23-18/h2-3,5-8,10,12,16H,4,9,11H2,1H3,(H2,22,26)(H,23,24,27)/t12-,16+/m0/s1. The van der Waals surface area contributed by atoms with E-state index in [0.29, 0.717) is 11.6 Å². The van der Waals surface area contributed by atoms with E-state index < -0.39 is 17.7 Å². The smallest absolute Gasteiger partial charge is 0.315 e. The average Bonchev–Trinajstić information content (AvgIpc) is 2.68. The maximum Gasteiger partial charge on any atom is 0.315 e. The van der Waals surface area contributed by atoms with Crippen LogP contribution in [0.15, 0.2) is 42.6 Å².